The Morgan fingerprint density at radius 2 is 2.10 bits per heavy atom. The first kappa shape index (κ1) is 15.9. The fraction of sp³-hybridized carbons (Fsp3) is 0.800. The summed E-state index contributed by atoms with van der Waals surface area (Å²) in [5.74, 6) is 1.91. The van der Waals surface area contributed by atoms with E-state index in [1.807, 2.05) is 14.1 Å². The third-order valence-corrected chi connectivity index (χ3v) is 4.00. The Morgan fingerprint density at radius 1 is 1.38 bits per heavy atom. The van der Waals surface area contributed by atoms with Crippen molar-refractivity contribution < 1.29 is 9.32 Å². The van der Waals surface area contributed by atoms with E-state index < -0.39 is 0 Å². The summed E-state index contributed by atoms with van der Waals surface area (Å²) in [6.45, 7) is 4.68. The van der Waals surface area contributed by atoms with E-state index in [-0.39, 0.29) is 11.8 Å². The number of amides is 1. The van der Waals surface area contributed by atoms with Crippen molar-refractivity contribution in [3.8, 4) is 0 Å². The highest BCUT2D eigenvalue weighted by Crippen LogP contribution is 2.20. The topological polar surface area (TPSA) is 62.5 Å². The lowest BCUT2D eigenvalue weighted by atomic mass is 9.95. The number of carbonyl (C=O) groups excluding carboxylic acids is 1. The van der Waals surface area contributed by atoms with Gasteiger partial charge in [0.2, 0.25) is 11.8 Å². The van der Waals surface area contributed by atoms with E-state index in [9.17, 15) is 4.79 Å². The molecule has 0 atom stereocenters. The Hall–Kier alpha value is -1.43. The van der Waals surface area contributed by atoms with Crippen molar-refractivity contribution in [2.45, 2.75) is 45.6 Å². The molecule has 0 aromatic carbocycles. The first-order valence-electron chi connectivity index (χ1n) is 7.85. The van der Waals surface area contributed by atoms with Crippen LogP contribution in [0, 0.1) is 5.92 Å². The van der Waals surface area contributed by atoms with Crippen LogP contribution >= 0.6 is 0 Å². The van der Waals surface area contributed by atoms with Crippen molar-refractivity contribution in [1.29, 1.82) is 0 Å². The minimum absolute atomic E-state index is 0.166. The minimum atomic E-state index is 0.166. The molecule has 21 heavy (non-hydrogen) atoms. The van der Waals surface area contributed by atoms with Crippen LogP contribution in [-0.2, 0) is 17.8 Å². The molecule has 0 radical (unpaired) electrons. The number of nitrogens with zero attached hydrogens (tertiary/aromatic N) is 4. The first-order valence-corrected chi connectivity index (χ1v) is 7.85. The van der Waals surface area contributed by atoms with Gasteiger partial charge in [-0.05, 0) is 32.4 Å². The molecule has 1 fully saturated rings. The fourth-order valence-corrected chi connectivity index (χ4v) is 2.69. The maximum atomic E-state index is 11.9. The molecule has 1 aliphatic rings. The van der Waals surface area contributed by atoms with Gasteiger partial charge in [-0.3, -0.25) is 9.69 Å². The van der Waals surface area contributed by atoms with Crippen LogP contribution in [0.2, 0.25) is 0 Å². The Morgan fingerprint density at radius 3 is 2.71 bits per heavy atom. The molecule has 1 saturated heterocycles. The van der Waals surface area contributed by atoms with Gasteiger partial charge in [0, 0.05) is 26.4 Å². The van der Waals surface area contributed by atoms with Crippen molar-refractivity contribution in [2.24, 2.45) is 5.92 Å². The normalized spacial score (nSPS) is 17.1. The molecule has 2 heterocycles. The number of aryl methyl sites for hydroxylation is 1. The summed E-state index contributed by atoms with van der Waals surface area (Å²) >= 11 is 0. The molecule has 0 bridgehead atoms. The summed E-state index contributed by atoms with van der Waals surface area (Å²) in [6.07, 6.45) is 4.94. The number of aromatic nitrogens is 2. The zero-order valence-corrected chi connectivity index (χ0v) is 13.3. The number of piperidine rings is 1. The molecule has 0 saturated carbocycles. The maximum Gasteiger partial charge on any atom is 0.240 e. The van der Waals surface area contributed by atoms with Gasteiger partial charge in [0.15, 0.2) is 5.82 Å². The van der Waals surface area contributed by atoms with Gasteiger partial charge < -0.3 is 9.42 Å². The molecule has 1 aromatic rings. The number of unbranched alkanes of at least 4 members (excludes halogenated alkanes) is 1. The monoisotopic (exact) mass is 294 g/mol. The predicted octanol–water partition coefficient (Wildman–Crippen LogP) is 1.71. The van der Waals surface area contributed by atoms with Crippen LogP contribution in [-0.4, -0.2) is 53.0 Å². The second-order valence-electron chi connectivity index (χ2n) is 5.99. The van der Waals surface area contributed by atoms with Crippen LogP contribution in [0.4, 0.5) is 0 Å². The van der Waals surface area contributed by atoms with Gasteiger partial charge in [-0.25, -0.2) is 0 Å². The molecule has 2 rings (SSSR count). The summed E-state index contributed by atoms with van der Waals surface area (Å²) in [7, 11) is 3.65. The highest BCUT2D eigenvalue weighted by atomic mass is 16.5. The molecule has 0 aliphatic carbocycles. The van der Waals surface area contributed by atoms with Gasteiger partial charge >= 0.3 is 0 Å². The molecule has 1 aliphatic heterocycles. The Bertz CT molecular complexity index is 450. The molecule has 1 amide bonds. The third-order valence-electron chi connectivity index (χ3n) is 4.00. The average molecular weight is 294 g/mol. The van der Waals surface area contributed by atoms with Crippen molar-refractivity contribution in [1.82, 2.24) is 19.9 Å². The van der Waals surface area contributed by atoms with Gasteiger partial charge in [-0.1, -0.05) is 18.5 Å². The number of likely N-dealkylation sites (tertiary alicyclic amines) is 1. The molecular weight excluding hydrogens is 268 g/mol. The van der Waals surface area contributed by atoms with Crippen molar-refractivity contribution in [2.75, 3.05) is 27.2 Å². The smallest absolute Gasteiger partial charge is 0.240 e. The van der Waals surface area contributed by atoms with E-state index in [1.54, 1.807) is 4.90 Å². The highest BCUT2D eigenvalue weighted by Gasteiger charge is 2.26. The van der Waals surface area contributed by atoms with E-state index in [1.165, 1.54) is 0 Å². The van der Waals surface area contributed by atoms with Gasteiger partial charge in [0.1, 0.15) is 0 Å². The Kier molecular flexibility index (Phi) is 5.73. The van der Waals surface area contributed by atoms with Crippen molar-refractivity contribution in [3.63, 3.8) is 0 Å². The summed E-state index contributed by atoms with van der Waals surface area (Å²) in [5, 5.41) is 4.01. The van der Waals surface area contributed by atoms with Crippen LogP contribution in [0.25, 0.3) is 0 Å². The first-order chi connectivity index (χ1) is 10.1. The largest absolute Gasteiger partial charge is 0.349 e. The Balaban J connectivity index is 1.78. The number of hydrogen-bond acceptors (Lipinski definition) is 5. The van der Waals surface area contributed by atoms with Crippen molar-refractivity contribution in [3.05, 3.63) is 11.7 Å². The summed E-state index contributed by atoms with van der Waals surface area (Å²) in [5.41, 5.74) is 0. The lowest BCUT2D eigenvalue weighted by Gasteiger charge is -2.31. The predicted molar refractivity (Wildman–Crippen MR) is 79.6 cm³/mol. The summed E-state index contributed by atoms with van der Waals surface area (Å²) in [4.78, 5) is 20.3. The van der Waals surface area contributed by atoms with Crippen LogP contribution in [0.3, 0.4) is 0 Å². The minimum Gasteiger partial charge on any atom is -0.349 e. The van der Waals surface area contributed by atoms with E-state index in [0.717, 1.165) is 51.0 Å². The quantitative estimate of drug-likeness (QED) is 0.799. The van der Waals surface area contributed by atoms with Gasteiger partial charge in [-0.15, -0.1) is 0 Å². The SMILES string of the molecule is CCCCc1noc(CN2CCC(C(=O)N(C)C)CC2)n1. The second-order valence-corrected chi connectivity index (χ2v) is 5.99. The average Bonchev–Trinajstić information content (AvgIpc) is 2.92. The second kappa shape index (κ2) is 7.54. The zero-order chi connectivity index (χ0) is 15.2. The van der Waals surface area contributed by atoms with Gasteiger partial charge in [0.25, 0.3) is 0 Å². The summed E-state index contributed by atoms with van der Waals surface area (Å²) in [6, 6.07) is 0. The van der Waals surface area contributed by atoms with E-state index in [0.29, 0.717) is 12.4 Å². The Labute approximate surface area is 126 Å². The maximum absolute atomic E-state index is 11.9. The molecule has 6 nitrogen and oxygen atoms in total. The molecule has 1 aromatic heterocycles. The van der Waals surface area contributed by atoms with E-state index in [2.05, 4.69) is 22.0 Å². The molecule has 0 spiro atoms. The van der Waals surface area contributed by atoms with Crippen LogP contribution in [0.15, 0.2) is 4.52 Å². The van der Waals surface area contributed by atoms with E-state index >= 15 is 0 Å². The van der Waals surface area contributed by atoms with E-state index in [4.69, 9.17) is 4.52 Å². The summed E-state index contributed by atoms with van der Waals surface area (Å²) < 4.78 is 5.30. The van der Waals surface area contributed by atoms with Gasteiger partial charge in [0.05, 0.1) is 6.54 Å². The van der Waals surface area contributed by atoms with Crippen LogP contribution in [0.5, 0.6) is 0 Å². The van der Waals surface area contributed by atoms with Gasteiger partial charge in [-0.2, -0.15) is 4.98 Å². The lowest BCUT2D eigenvalue weighted by molar-refractivity contribution is -0.134. The molecule has 118 valence electrons. The molecular formula is C15H26N4O2. The standard InChI is InChI=1S/C15H26N4O2/c1-4-5-6-13-16-14(21-17-13)11-19-9-7-12(8-10-19)15(20)18(2)3/h12H,4-11H2,1-3H3. The fourth-order valence-electron chi connectivity index (χ4n) is 2.69. The molecule has 0 N–H and O–H groups in total. The number of hydrogen-bond donors (Lipinski definition) is 0. The zero-order valence-electron chi connectivity index (χ0n) is 13.3. The van der Waals surface area contributed by atoms with Crippen molar-refractivity contribution >= 4 is 5.91 Å². The third kappa shape index (κ3) is 4.52. The number of rotatable bonds is 6. The molecule has 0 unspecified atom stereocenters. The number of carbonyl (C=O) groups is 1. The highest BCUT2D eigenvalue weighted by molar-refractivity contribution is 5.78. The molecule has 6 heteroatoms. The lowest BCUT2D eigenvalue weighted by Crippen LogP contribution is -2.39. The van der Waals surface area contributed by atoms with Crippen LogP contribution in [0.1, 0.15) is 44.3 Å². The van der Waals surface area contributed by atoms with Crippen LogP contribution < -0.4 is 0 Å².